The van der Waals surface area contributed by atoms with Crippen molar-refractivity contribution in [3.8, 4) is 0 Å². The van der Waals surface area contributed by atoms with Crippen molar-refractivity contribution in [3.05, 3.63) is 11.6 Å². The zero-order valence-corrected chi connectivity index (χ0v) is 8.16. The Kier molecular flexibility index (Phi) is 8.08. The Morgan fingerprint density at radius 1 is 1.55 bits per heavy atom. The Bertz CT molecular complexity index is 110. The summed E-state index contributed by atoms with van der Waals surface area (Å²) >= 11 is 5.52. The molecule has 0 unspecified atom stereocenters. The average Bonchev–Trinajstić information content (AvgIpc) is 2.01. The van der Waals surface area contributed by atoms with Gasteiger partial charge in [-0.1, -0.05) is 18.6 Å². The van der Waals surface area contributed by atoms with Crippen molar-refractivity contribution >= 4 is 11.6 Å². The molecule has 0 spiro atoms. The lowest BCUT2D eigenvalue weighted by molar-refractivity contribution is 0.156. The first kappa shape index (κ1) is 11.0. The maximum atomic E-state index is 5.52. The second kappa shape index (κ2) is 8.09. The summed E-state index contributed by atoms with van der Waals surface area (Å²) in [6.45, 7) is 5.79. The predicted octanol–water partition coefficient (Wildman–Crippen LogP) is 2.99. The van der Waals surface area contributed by atoms with Gasteiger partial charge in [0.2, 0.25) is 0 Å². The van der Waals surface area contributed by atoms with Crippen LogP contribution in [0.2, 0.25) is 0 Å². The third-order valence-corrected chi connectivity index (χ3v) is 1.50. The molecular formula is C9H17ClO. The van der Waals surface area contributed by atoms with Crippen molar-refractivity contribution in [3.63, 3.8) is 0 Å². The number of allylic oxidation sites excluding steroid dienone is 1. The Balaban J connectivity index is 3.27. The zero-order valence-electron chi connectivity index (χ0n) is 7.40. The van der Waals surface area contributed by atoms with E-state index >= 15 is 0 Å². The molecule has 0 saturated carbocycles. The van der Waals surface area contributed by atoms with Gasteiger partial charge in [-0.25, -0.2) is 0 Å². The molecule has 0 aromatic heterocycles. The van der Waals surface area contributed by atoms with Crippen molar-refractivity contribution in [2.24, 2.45) is 0 Å². The van der Waals surface area contributed by atoms with Crippen molar-refractivity contribution in [1.82, 2.24) is 0 Å². The topological polar surface area (TPSA) is 9.23 Å². The first-order valence-electron chi connectivity index (χ1n) is 4.10. The highest BCUT2D eigenvalue weighted by atomic mass is 35.5. The fourth-order valence-electron chi connectivity index (χ4n) is 0.737. The van der Waals surface area contributed by atoms with Crippen molar-refractivity contribution < 1.29 is 4.74 Å². The summed E-state index contributed by atoms with van der Waals surface area (Å²) in [5.41, 5.74) is 1.28. The number of alkyl halides is 1. The molecule has 0 N–H and O–H groups in total. The summed E-state index contributed by atoms with van der Waals surface area (Å²) in [7, 11) is 0. The second-order valence-electron chi connectivity index (χ2n) is 2.58. The number of hydrogen-bond donors (Lipinski definition) is 0. The molecule has 1 nitrogen and oxygen atoms in total. The molecule has 0 saturated heterocycles. The van der Waals surface area contributed by atoms with E-state index in [2.05, 4.69) is 19.9 Å². The summed E-state index contributed by atoms with van der Waals surface area (Å²) < 4.78 is 5.33. The van der Waals surface area contributed by atoms with E-state index in [0.717, 1.165) is 26.1 Å². The Morgan fingerprint density at radius 2 is 2.27 bits per heavy atom. The Hall–Kier alpha value is -0.0100. The highest BCUT2D eigenvalue weighted by Gasteiger charge is 1.88. The van der Waals surface area contributed by atoms with E-state index < -0.39 is 0 Å². The second-order valence-corrected chi connectivity index (χ2v) is 2.96. The van der Waals surface area contributed by atoms with Gasteiger partial charge in [0, 0.05) is 12.5 Å². The van der Waals surface area contributed by atoms with E-state index in [1.165, 1.54) is 5.57 Å². The van der Waals surface area contributed by atoms with E-state index in [-0.39, 0.29) is 0 Å². The number of halogens is 1. The van der Waals surface area contributed by atoms with Crippen LogP contribution < -0.4 is 0 Å². The van der Waals surface area contributed by atoms with Gasteiger partial charge in [0.25, 0.3) is 0 Å². The molecule has 11 heavy (non-hydrogen) atoms. The van der Waals surface area contributed by atoms with Gasteiger partial charge < -0.3 is 4.74 Å². The molecule has 0 bridgehead atoms. The van der Waals surface area contributed by atoms with Crippen molar-refractivity contribution in [1.29, 1.82) is 0 Å². The van der Waals surface area contributed by atoms with Crippen LogP contribution in [-0.2, 0) is 4.74 Å². The quantitative estimate of drug-likeness (QED) is 0.344. The highest BCUT2D eigenvalue weighted by Crippen LogP contribution is 1.97. The maximum Gasteiger partial charge on any atom is 0.0674 e. The molecule has 0 amide bonds. The lowest BCUT2D eigenvalue weighted by Crippen LogP contribution is -1.96. The smallest absolute Gasteiger partial charge is 0.0674 e. The molecule has 0 rings (SSSR count). The maximum absolute atomic E-state index is 5.52. The molecule has 2 heteroatoms. The number of ether oxygens (including phenoxy) is 1. The van der Waals surface area contributed by atoms with Crippen LogP contribution in [0.25, 0.3) is 0 Å². The molecule has 0 aliphatic carbocycles. The van der Waals surface area contributed by atoms with Gasteiger partial charge in [0.05, 0.1) is 6.61 Å². The summed E-state index contributed by atoms with van der Waals surface area (Å²) in [5, 5.41) is 0. The highest BCUT2D eigenvalue weighted by molar-refractivity contribution is 6.17. The number of hydrogen-bond acceptors (Lipinski definition) is 1. The molecular weight excluding hydrogens is 160 g/mol. The summed E-state index contributed by atoms with van der Waals surface area (Å²) in [6, 6.07) is 0. The lowest BCUT2D eigenvalue weighted by atomic mass is 10.3. The van der Waals surface area contributed by atoms with Gasteiger partial charge in [-0.05, 0) is 19.8 Å². The van der Waals surface area contributed by atoms with E-state index in [1.807, 2.05) is 0 Å². The predicted molar refractivity (Wildman–Crippen MR) is 50.2 cm³/mol. The van der Waals surface area contributed by atoms with Gasteiger partial charge in [-0.2, -0.15) is 0 Å². The first-order valence-corrected chi connectivity index (χ1v) is 4.64. The van der Waals surface area contributed by atoms with Crippen LogP contribution in [0.4, 0.5) is 0 Å². The van der Waals surface area contributed by atoms with E-state index in [9.17, 15) is 0 Å². The standard InChI is InChI=1S/C9H17ClO/c1-3-7-11-8-9(2)5-4-6-10/h5H,3-4,6-8H2,1-2H3. The first-order chi connectivity index (χ1) is 5.31. The van der Waals surface area contributed by atoms with Gasteiger partial charge >= 0.3 is 0 Å². The monoisotopic (exact) mass is 176 g/mol. The minimum Gasteiger partial charge on any atom is -0.377 e. The van der Waals surface area contributed by atoms with Crippen LogP contribution in [0.15, 0.2) is 11.6 Å². The fourth-order valence-corrected chi connectivity index (χ4v) is 0.846. The average molecular weight is 177 g/mol. The van der Waals surface area contributed by atoms with Gasteiger partial charge in [0.1, 0.15) is 0 Å². The molecule has 0 atom stereocenters. The molecule has 0 aliphatic heterocycles. The molecule has 0 aromatic carbocycles. The van der Waals surface area contributed by atoms with Gasteiger partial charge in [-0.3, -0.25) is 0 Å². The van der Waals surface area contributed by atoms with Crippen molar-refractivity contribution in [2.75, 3.05) is 19.1 Å². The van der Waals surface area contributed by atoms with Gasteiger partial charge in [-0.15, -0.1) is 11.6 Å². The summed E-state index contributed by atoms with van der Waals surface area (Å²) in [4.78, 5) is 0. The summed E-state index contributed by atoms with van der Waals surface area (Å²) in [6.07, 6.45) is 4.16. The van der Waals surface area contributed by atoms with Crippen LogP contribution in [-0.4, -0.2) is 19.1 Å². The lowest BCUT2D eigenvalue weighted by Gasteiger charge is -2.01. The largest absolute Gasteiger partial charge is 0.377 e. The molecule has 66 valence electrons. The minimum absolute atomic E-state index is 0.700. The zero-order chi connectivity index (χ0) is 8.53. The normalized spacial score (nSPS) is 12.1. The van der Waals surface area contributed by atoms with Crippen LogP contribution in [0.3, 0.4) is 0 Å². The van der Waals surface area contributed by atoms with Crippen molar-refractivity contribution in [2.45, 2.75) is 26.7 Å². The SMILES string of the molecule is CCCOCC(C)=CCCCl. The fraction of sp³-hybridized carbons (Fsp3) is 0.778. The Labute approximate surface area is 74.4 Å². The van der Waals surface area contributed by atoms with Crippen LogP contribution >= 0.6 is 11.6 Å². The minimum atomic E-state index is 0.700. The molecule has 0 heterocycles. The van der Waals surface area contributed by atoms with Crippen LogP contribution in [0, 0.1) is 0 Å². The van der Waals surface area contributed by atoms with E-state index in [1.54, 1.807) is 0 Å². The third-order valence-electron chi connectivity index (χ3n) is 1.28. The molecule has 0 fully saturated rings. The van der Waals surface area contributed by atoms with Gasteiger partial charge in [0.15, 0.2) is 0 Å². The Morgan fingerprint density at radius 3 is 2.82 bits per heavy atom. The molecule has 0 radical (unpaired) electrons. The molecule has 0 aliphatic rings. The van der Waals surface area contributed by atoms with Crippen LogP contribution in [0.1, 0.15) is 26.7 Å². The number of rotatable bonds is 6. The van der Waals surface area contributed by atoms with E-state index in [4.69, 9.17) is 16.3 Å². The summed E-state index contributed by atoms with van der Waals surface area (Å²) in [5.74, 6) is 0.700. The van der Waals surface area contributed by atoms with E-state index in [0.29, 0.717) is 5.88 Å². The van der Waals surface area contributed by atoms with Crippen LogP contribution in [0.5, 0.6) is 0 Å². The molecule has 0 aromatic rings. The third kappa shape index (κ3) is 7.89.